The van der Waals surface area contributed by atoms with Gasteiger partial charge in [-0.2, -0.15) is 4.98 Å². The normalized spacial score (nSPS) is 24.0. The smallest absolute Gasteiger partial charge is 0.256 e. The molecule has 2 atom stereocenters. The largest absolute Gasteiger partial charge is 0.382 e. The van der Waals surface area contributed by atoms with Gasteiger partial charge in [0.15, 0.2) is 0 Å². The van der Waals surface area contributed by atoms with E-state index >= 15 is 0 Å². The highest BCUT2D eigenvalue weighted by molar-refractivity contribution is 4.95. The van der Waals surface area contributed by atoms with Crippen molar-refractivity contribution in [2.24, 2.45) is 5.73 Å². The van der Waals surface area contributed by atoms with Crippen LogP contribution in [-0.2, 0) is 4.74 Å². The van der Waals surface area contributed by atoms with Crippen molar-refractivity contribution in [1.82, 2.24) is 10.1 Å². The Morgan fingerprint density at radius 1 is 1.64 bits per heavy atom. The molecule has 0 amide bonds. The first-order chi connectivity index (χ1) is 6.81. The molecule has 1 fully saturated rings. The minimum atomic E-state index is -0.877. The van der Waals surface area contributed by atoms with E-state index in [1.54, 1.807) is 0 Å². The predicted octanol–water partition coefficient (Wildman–Crippen LogP) is -0.0868. The van der Waals surface area contributed by atoms with Crippen molar-refractivity contribution in [1.29, 1.82) is 0 Å². The molecule has 6 nitrogen and oxygen atoms in total. The van der Waals surface area contributed by atoms with Gasteiger partial charge in [0.1, 0.15) is 12.2 Å². The molecule has 0 bridgehead atoms. The third kappa shape index (κ3) is 1.77. The summed E-state index contributed by atoms with van der Waals surface area (Å²) in [6, 6.07) is 0. The van der Waals surface area contributed by atoms with Crippen LogP contribution in [0, 0.1) is 0 Å². The lowest BCUT2D eigenvalue weighted by Gasteiger charge is -2.01. The number of aliphatic hydroxyl groups excluding tert-OH is 1. The standard InChI is InChI=1S/C8H13N3O3/c9-4-5(12)8-10-7(11-14-8)6-2-1-3-13-6/h5-6,12H,1-4,9H2. The van der Waals surface area contributed by atoms with E-state index in [-0.39, 0.29) is 18.5 Å². The van der Waals surface area contributed by atoms with E-state index in [1.807, 2.05) is 0 Å². The van der Waals surface area contributed by atoms with Crippen molar-refractivity contribution in [3.63, 3.8) is 0 Å². The quantitative estimate of drug-likeness (QED) is 0.706. The molecule has 0 saturated carbocycles. The second-order valence-electron chi connectivity index (χ2n) is 3.24. The van der Waals surface area contributed by atoms with E-state index in [0.717, 1.165) is 19.4 Å². The van der Waals surface area contributed by atoms with Gasteiger partial charge in [0, 0.05) is 13.2 Å². The monoisotopic (exact) mass is 199 g/mol. The van der Waals surface area contributed by atoms with E-state index in [0.29, 0.717) is 5.82 Å². The van der Waals surface area contributed by atoms with Crippen LogP contribution >= 0.6 is 0 Å². The van der Waals surface area contributed by atoms with Gasteiger partial charge in [0.2, 0.25) is 5.82 Å². The molecule has 78 valence electrons. The van der Waals surface area contributed by atoms with Crippen molar-refractivity contribution in [3.8, 4) is 0 Å². The Hall–Kier alpha value is -0.980. The van der Waals surface area contributed by atoms with Crippen LogP contribution in [0.2, 0.25) is 0 Å². The average Bonchev–Trinajstić information content (AvgIpc) is 2.86. The second kappa shape index (κ2) is 4.04. The predicted molar refractivity (Wildman–Crippen MR) is 46.2 cm³/mol. The van der Waals surface area contributed by atoms with Crippen LogP contribution in [0.15, 0.2) is 4.52 Å². The highest BCUT2D eigenvalue weighted by Crippen LogP contribution is 2.26. The maximum absolute atomic E-state index is 9.32. The molecule has 2 rings (SSSR count). The van der Waals surface area contributed by atoms with Gasteiger partial charge in [-0.25, -0.2) is 0 Å². The zero-order chi connectivity index (χ0) is 9.97. The van der Waals surface area contributed by atoms with Crippen molar-refractivity contribution < 1.29 is 14.4 Å². The first-order valence-electron chi connectivity index (χ1n) is 4.64. The summed E-state index contributed by atoms with van der Waals surface area (Å²) < 4.78 is 10.2. The molecule has 2 unspecified atom stereocenters. The fourth-order valence-electron chi connectivity index (χ4n) is 1.40. The zero-order valence-electron chi connectivity index (χ0n) is 7.72. The molecule has 14 heavy (non-hydrogen) atoms. The molecular weight excluding hydrogens is 186 g/mol. The van der Waals surface area contributed by atoms with Crippen LogP contribution in [0.3, 0.4) is 0 Å². The Kier molecular flexibility index (Phi) is 2.76. The number of aromatic nitrogens is 2. The summed E-state index contributed by atoms with van der Waals surface area (Å²) in [5.74, 6) is 0.669. The average molecular weight is 199 g/mol. The molecule has 1 aliphatic rings. The van der Waals surface area contributed by atoms with Crippen LogP contribution in [-0.4, -0.2) is 28.4 Å². The van der Waals surface area contributed by atoms with Gasteiger partial charge in [-0.1, -0.05) is 5.16 Å². The molecule has 1 aliphatic heterocycles. The third-order valence-corrected chi connectivity index (χ3v) is 2.18. The molecule has 1 saturated heterocycles. The first kappa shape index (κ1) is 9.57. The minimum absolute atomic E-state index is 0.0765. The summed E-state index contributed by atoms with van der Waals surface area (Å²) in [7, 11) is 0. The summed E-state index contributed by atoms with van der Waals surface area (Å²) in [5.41, 5.74) is 5.26. The van der Waals surface area contributed by atoms with Gasteiger partial charge in [0.05, 0.1) is 0 Å². The number of rotatable bonds is 3. The molecule has 3 N–H and O–H groups in total. The van der Waals surface area contributed by atoms with Gasteiger partial charge >= 0.3 is 0 Å². The molecule has 6 heteroatoms. The highest BCUT2D eigenvalue weighted by Gasteiger charge is 2.24. The topological polar surface area (TPSA) is 94.4 Å². The van der Waals surface area contributed by atoms with Crippen LogP contribution in [0.25, 0.3) is 0 Å². The zero-order valence-corrected chi connectivity index (χ0v) is 7.72. The van der Waals surface area contributed by atoms with E-state index < -0.39 is 6.10 Å². The summed E-state index contributed by atoms with van der Waals surface area (Å²) in [5, 5.41) is 13.1. The first-order valence-corrected chi connectivity index (χ1v) is 4.64. The van der Waals surface area contributed by atoms with Crippen molar-refractivity contribution in [2.45, 2.75) is 25.0 Å². The second-order valence-corrected chi connectivity index (χ2v) is 3.24. The number of hydrogen-bond acceptors (Lipinski definition) is 6. The Morgan fingerprint density at radius 2 is 2.50 bits per heavy atom. The molecular formula is C8H13N3O3. The SMILES string of the molecule is NCC(O)c1nc(C2CCCO2)no1. The molecule has 0 aliphatic carbocycles. The summed E-state index contributed by atoms with van der Waals surface area (Å²) in [6.07, 6.45) is 0.946. The number of aliphatic hydroxyl groups is 1. The lowest BCUT2D eigenvalue weighted by molar-refractivity contribution is 0.102. The Morgan fingerprint density at radius 3 is 3.14 bits per heavy atom. The minimum Gasteiger partial charge on any atom is -0.382 e. The number of nitrogens with zero attached hydrogens (tertiary/aromatic N) is 2. The van der Waals surface area contributed by atoms with E-state index in [1.165, 1.54) is 0 Å². The summed E-state index contributed by atoms with van der Waals surface area (Å²) in [4.78, 5) is 4.03. The van der Waals surface area contributed by atoms with E-state index in [4.69, 9.17) is 15.0 Å². The Bertz CT molecular complexity index is 296. The van der Waals surface area contributed by atoms with E-state index in [9.17, 15) is 5.11 Å². The van der Waals surface area contributed by atoms with Crippen LogP contribution in [0.5, 0.6) is 0 Å². The van der Waals surface area contributed by atoms with Gasteiger partial charge in [-0.05, 0) is 12.8 Å². The van der Waals surface area contributed by atoms with Crippen LogP contribution in [0.4, 0.5) is 0 Å². The molecule has 1 aromatic heterocycles. The van der Waals surface area contributed by atoms with Gasteiger partial charge in [-0.15, -0.1) is 0 Å². The Balaban J connectivity index is 2.08. The summed E-state index contributed by atoms with van der Waals surface area (Å²) >= 11 is 0. The van der Waals surface area contributed by atoms with E-state index in [2.05, 4.69) is 10.1 Å². The lowest BCUT2D eigenvalue weighted by atomic mass is 10.2. The van der Waals surface area contributed by atoms with Gasteiger partial charge in [-0.3, -0.25) is 0 Å². The summed E-state index contributed by atoms with van der Waals surface area (Å²) in [6.45, 7) is 0.807. The molecule has 0 radical (unpaired) electrons. The van der Waals surface area contributed by atoms with Crippen LogP contribution < -0.4 is 5.73 Å². The van der Waals surface area contributed by atoms with Crippen molar-refractivity contribution in [2.75, 3.05) is 13.2 Å². The maximum atomic E-state index is 9.32. The highest BCUT2D eigenvalue weighted by atomic mass is 16.5. The fraction of sp³-hybridized carbons (Fsp3) is 0.750. The maximum Gasteiger partial charge on any atom is 0.256 e. The van der Waals surface area contributed by atoms with Crippen molar-refractivity contribution in [3.05, 3.63) is 11.7 Å². The number of hydrogen-bond donors (Lipinski definition) is 2. The molecule has 1 aromatic rings. The van der Waals surface area contributed by atoms with Gasteiger partial charge in [0.25, 0.3) is 5.89 Å². The lowest BCUT2D eigenvalue weighted by Crippen LogP contribution is -2.12. The molecule has 0 aromatic carbocycles. The van der Waals surface area contributed by atoms with Gasteiger partial charge < -0.3 is 20.1 Å². The third-order valence-electron chi connectivity index (χ3n) is 2.18. The molecule has 2 heterocycles. The molecule has 0 spiro atoms. The Labute approximate surface area is 81.0 Å². The van der Waals surface area contributed by atoms with Crippen LogP contribution in [0.1, 0.15) is 36.8 Å². The number of nitrogens with two attached hydrogens (primary N) is 1. The fourth-order valence-corrected chi connectivity index (χ4v) is 1.40. The van der Waals surface area contributed by atoms with Crippen molar-refractivity contribution >= 4 is 0 Å². The number of ether oxygens (including phenoxy) is 1.